The van der Waals surface area contributed by atoms with Gasteiger partial charge in [-0.1, -0.05) is 40.2 Å². The predicted octanol–water partition coefficient (Wildman–Crippen LogP) is 4.68. The topological polar surface area (TPSA) is 54.4 Å². The fourth-order valence-corrected chi connectivity index (χ4v) is 9.29. The molecule has 1 aromatic carbocycles. The van der Waals surface area contributed by atoms with Crippen molar-refractivity contribution in [2.45, 2.75) is 70.1 Å². The van der Waals surface area contributed by atoms with E-state index in [1.54, 1.807) is 18.2 Å². The molecule has 2 fully saturated rings. The molecule has 1 N–H and O–H groups in total. The first-order valence-electron chi connectivity index (χ1n) is 9.58. The van der Waals surface area contributed by atoms with Crippen LogP contribution in [0, 0.1) is 22.7 Å². The number of sulfone groups is 1. The Kier molecular flexibility index (Phi) is 3.50. The molecule has 0 saturated heterocycles. The summed E-state index contributed by atoms with van der Waals surface area (Å²) in [7, 11) is -3.36. The third-order valence-electron chi connectivity index (χ3n) is 8.09. The molecule has 0 radical (unpaired) electrons. The second-order valence-corrected chi connectivity index (χ2v) is 11.8. The average Bonchev–Trinajstić information content (AvgIpc) is 2.49. The third kappa shape index (κ3) is 2.19. The second kappa shape index (κ2) is 5.03. The molecular weight excluding hydrogens is 332 g/mol. The molecule has 3 nitrogen and oxygen atoms in total. The van der Waals surface area contributed by atoms with Crippen molar-refractivity contribution in [3.05, 3.63) is 23.8 Å². The van der Waals surface area contributed by atoms with E-state index in [1.165, 1.54) is 12.8 Å². The van der Waals surface area contributed by atoms with E-state index in [0.29, 0.717) is 16.4 Å². The van der Waals surface area contributed by atoms with Crippen LogP contribution < -0.4 is 0 Å². The zero-order valence-electron chi connectivity index (χ0n) is 15.8. The monoisotopic (exact) mass is 362 g/mol. The van der Waals surface area contributed by atoms with Gasteiger partial charge in [0.15, 0.2) is 9.84 Å². The Morgan fingerprint density at radius 1 is 1.04 bits per heavy atom. The lowest BCUT2D eigenvalue weighted by atomic mass is 9.43. The third-order valence-corrected chi connectivity index (χ3v) is 9.87. The first-order chi connectivity index (χ1) is 11.5. The van der Waals surface area contributed by atoms with Crippen molar-refractivity contribution < 1.29 is 13.5 Å². The quantitative estimate of drug-likeness (QED) is 0.729. The van der Waals surface area contributed by atoms with Gasteiger partial charge in [-0.2, -0.15) is 0 Å². The first-order valence-corrected chi connectivity index (χ1v) is 11.2. The molecule has 3 aliphatic rings. The number of hydrogen-bond acceptors (Lipinski definition) is 3. The molecule has 1 aliphatic heterocycles. The van der Waals surface area contributed by atoms with E-state index < -0.39 is 9.84 Å². The van der Waals surface area contributed by atoms with Crippen molar-refractivity contribution in [3.63, 3.8) is 0 Å². The summed E-state index contributed by atoms with van der Waals surface area (Å²) in [5.74, 6) is 1.01. The molecule has 0 spiro atoms. The Balaban J connectivity index is 1.94. The normalized spacial score (nSPS) is 41.3. The summed E-state index contributed by atoms with van der Waals surface area (Å²) in [5.41, 5.74) is 0.707. The van der Waals surface area contributed by atoms with E-state index in [0.717, 1.165) is 19.3 Å². The van der Waals surface area contributed by atoms with Gasteiger partial charge >= 0.3 is 0 Å². The second-order valence-electron chi connectivity index (χ2n) is 9.84. The summed E-state index contributed by atoms with van der Waals surface area (Å²) in [6.07, 6.45) is 5.57. The van der Waals surface area contributed by atoms with Crippen LogP contribution in [0.25, 0.3) is 0 Å². The van der Waals surface area contributed by atoms with Crippen molar-refractivity contribution in [3.8, 4) is 5.75 Å². The van der Waals surface area contributed by atoms with Crippen LogP contribution >= 0.6 is 0 Å². The van der Waals surface area contributed by atoms with Crippen molar-refractivity contribution in [2.24, 2.45) is 22.7 Å². The first kappa shape index (κ1) is 17.4. The molecule has 2 saturated carbocycles. The minimum atomic E-state index is -3.36. The van der Waals surface area contributed by atoms with Gasteiger partial charge in [0.1, 0.15) is 5.75 Å². The Labute approximate surface area is 151 Å². The fourth-order valence-electron chi connectivity index (χ4n) is 6.99. The van der Waals surface area contributed by atoms with Crippen LogP contribution in [0.5, 0.6) is 5.75 Å². The van der Waals surface area contributed by atoms with E-state index in [1.807, 2.05) is 0 Å². The van der Waals surface area contributed by atoms with Gasteiger partial charge in [-0.05, 0) is 60.5 Å². The largest absolute Gasteiger partial charge is 0.508 e. The van der Waals surface area contributed by atoms with E-state index in [9.17, 15) is 13.5 Å². The summed E-state index contributed by atoms with van der Waals surface area (Å²) in [6.45, 7) is 9.26. The molecule has 1 heterocycles. The highest BCUT2D eigenvalue weighted by atomic mass is 32.2. The molecule has 4 atom stereocenters. The van der Waals surface area contributed by atoms with Crippen molar-refractivity contribution >= 4 is 9.84 Å². The molecule has 4 rings (SSSR count). The number of phenols is 1. The Morgan fingerprint density at radius 2 is 1.76 bits per heavy atom. The minimum Gasteiger partial charge on any atom is -0.508 e. The molecule has 0 aromatic heterocycles. The zero-order valence-corrected chi connectivity index (χ0v) is 16.6. The van der Waals surface area contributed by atoms with Gasteiger partial charge in [-0.25, -0.2) is 8.42 Å². The highest BCUT2D eigenvalue weighted by molar-refractivity contribution is 7.91. The molecule has 0 bridgehead atoms. The van der Waals surface area contributed by atoms with Crippen molar-refractivity contribution in [1.29, 1.82) is 0 Å². The minimum absolute atomic E-state index is 0.0157. The van der Waals surface area contributed by atoms with Gasteiger partial charge in [0, 0.05) is 11.0 Å². The van der Waals surface area contributed by atoms with Crippen LogP contribution in [0.4, 0.5) is 0 Å². The number of hydrogen-bond donors (Lipinski definition) is 1. The van der Waals surface area contributed by atoms with Crippen molar-refractivity contribution in [2.75, 3.05) is 5.75 Å². The molecule has 4 heteroatoms. The van der Waals surface area contributed by atoms with E-state index in [4.69, 9.17) is 0 Å². The van der Waals surface area contributed by atoms with Gasteiger partial charge in [-0.3, -0.25) is 0 Å². The molecule has 25 heavy (non-hydrogen) atoms. The van der Waals surface area contributed by atoms with Gasteiger partial charge in [0.05, 0.1) is 10.6 Å². The lowest BCUT2D eigenvalue weighted by molar-refractivity contribution is -0.0984. The molecule has 2 aliphatic carbocycles. The number of fused-ring (bicyclic) bond motifs is 5. The number of phenolic OH excluding ortho intramolecular Hbond substituents is 1. The summed E-state index contributed by atoms with van der Waals surface area (Å²) >= 11 is 0. The summed E-state index contributed by atoms with van der Waals surface area (Å²) in [6, 6.07) is 5.00. The standard InChI is InChI=1S/C21H30O3S/c1-19(2)10-6-11-20(3)16(19)9-12-21(4)17(20)13-25(23,24)15-8-5-7-14(22)18(15)21/h5,7-8,16-17,22H,6,9-13H2,1-4H3. The van der Waals surface area contributed by atoms with Crippen LogP contribution in [-0.2, 0) is 15.3 Å². The van der Waals surface area contributed by atoms with Crippen molar-refractivity contribution in [1.82, 2.24) is 0 Å². The highest BCUT2D eigenvalue weighted by Gasteiger charge is 2.62. The van der Waals surface area contributed by atoms with E-state index in [2.05, 4.69) is 27.7 Å². The lowest BCUT2D eigenvalue weighted by Crippen LogP contribution is -2.59. The maximum Gasteiger partial charge on any atom is 0.179 e. The highest BCUT2D eigenvalue weighted by Crippen LogP contribution is 2.67. The van der Waals surface area contributed by atoms with Crippen LogP contribution in [0.1, 0.15) is 65.4 Å². The lowest BCUT2D eigenvalue weighted by Gasteiger charge is -2.63. The summed E-state index contributed by atoms with van der Waals surface area (Å²) < 4.78 is 26.2. The maximum absolute atomic E-state index is 13.1. The van der Waals surface area contributed by atoms with Crippen LogP contribution in [0.2, 0.25) is 0 Å². The molecule has 0 amide bonds. The molecule has 4 unspecified atom stereocenters. The van der Waals surface area contributed by atoms with Crippen LogP contribution in [-0.4, -0.2) is 19.3 Å². The van der Waals surface area contributed by atoms with E-state index >= 15 is 0 Å². The smallest absolute Gasteiger partial charge is 0.179 e. The van der Waals surface area contributed by atoms with Crippen LogP contribution in [0.3, 0.4) is 0 Å². The zero-order chi connectivity index (χ0) is 18.3. The summed E-state index contributed by atoms with van der Waals surface area (Å²) in [5, 5.41) is 10.6. The van der Waals surface area contributed by atoms with Gasteiger partial charge in [0.2, 0.25) is 0 Å². The number of benzene rings is 1. The van der Waals surface area contributed by atoms with E-state index in [-0.39, 0.29) is 33.7 Å². The van der Waals surface area contributed by atoms with Crippen LogP contribution in [0.15, 0.2) is 23.1 Å². The Bertz CT molecular complexity index is 826. The SMILES string of the molecule is CC1(C)CCCC2(C)C1CCC1(C)c3c(O)cccc3S(=O)(=O)CC12. The summed E-state index contributed by atoms with van der Waals surface area (Å²) in [4.78, 5) is 0.364. The van der Waals surface area contributed by atoms with Gasteiger partial charge in [-0.15, -0.1) is 0 Å². The molecular formula is C21H30O3S. The van der Waals surface area contributed by atoms with Gasteiger partial charge < -0.3 is 5.11 Å². The van der Waals surface area contributed by atoms with Gasteiger partial charge in [0.25, 0.3) is 0 Å². The molecule has 1 aromatic rings. The molecule has 138 valence electrons. The Hall–Kier alpha value is -1.03. The predicted molar refractivity (Wildman–Crippen MR) is 99.5 cm³/mol. The fraction of sp³-hybridized carbons (Fsp3) is 0.714. The Morgan fingerprint density at radius 3 is 2.48 bits per heavy atom. The average molecular weight is 363 g/mol. The maximum atomic E-state index is 13.1. The number of rotatable bonds is 0. The number of aromatic hydroxyl groups is 1.